The molecule has 0 aromatic carbocycles. The van der Waals surface area contributed by atoms with Crippen LogP contribution in [0.15, 0.2) is 12.2 Å². The third kappa shape index (κ3) is 7.02. The lowest BCUT2D eigenvalue weighted by atomic mass is 10.3. The molecule has 13 heavy (non-hydrogen) atoms. The fourth-order valence-corrected chi connectivity index (χ4v) is 0.494. The lowest BCUT2D eigenvalue weighted by Gasteiger charge is -2.07. The number of esters is 1. The molecule has 0 heterocycles. The van der Waals surface area contributed by atoms with Crippen LogP contribution in [0.25, 0.3) is 0 Å². The summed E-state index contributed by atoms with van der Waals surface area (Å²) >= 11 is 0. The van der Waals surface area contributed by atoms with Gasteiger partial charge in [0, 0.05) is 18.2 Å². The molecule has 5 heteroatoms. The minimum atomic E-state index is -1.18. The summed E-state index contributed by atoms with van der Waals surface area (Å²) in [6, 6.07) is -0.192. The molecule has 0 radical (unpaired) electrons. The van der Waals surface area contributed by atoms with Gasteiger partial charge in [0.05, 0.1) is 0 Å². The van der Waals surface area contributed by atoms with Gasteiger partial charge in [-0.2, -0.15) is 0 Å². The number of hydrogen-bond acceptors (Lipinski definition) is 4. The highest BCUT2D eigenvalue weighted by molar-refractivity contribution is 5.90. The van der Waals surface area contributed by atoms with Gasteiger partial charge in [0.2, 0.25) is 0 Å². The summed E-state index contributed by atoms with van der Waals surface area (Å²) in [6.45, 7) is 1.98. The molecular weight excluding hydrogens is 174 g/mol. The van der Waals surface area contributed by atoms with Crippen molar-refractivity contribution in [2.75, 3.05) is 6.61 Å². The normalized spacial score (nSPS) is 12.8. The molecule has 3 N–H and O–H groups in total. The Morgan fingerprint density at radius 1 is 1.54 bits per heavy atom. The van der Waals surface area contributed by atoms with Crippen LogP contribution in [-0.4, -0.2) is 29.7 Å². The van der Waals surface area contributed by atoms with E-state index in [9.17, 15) is 9.59 Å². The number of rotatable bonds is 5. The van der Waals surface area contributed by atoms with Crippen LogP contribution in [0.4, 0.5) is 0 Å². The summed E-state index contributed by atoms with van der Waals surface area (Å²) in [4.78, 5) is 20.7. The Hall–Kier alpha value is -1.36. The number of nitrogens with two attached hydrogens (primary N) is 1. The molecule has 74 valence electrons. The summed E-state index contributed by atoms with van der Waals surface area (Å²) in [5, 5.41) is 8.17. The van der Waals surface area contributed by atoms with E-state index < -0.39 is 11.9 Å². The van der Waals surface area contributed by atoms with Crippen LogP contribution in [0, 0.1) is 0 Å². The Kier molecular flexibility index (Phi) is 5.54. The van der Waals surface area contributed by atoms with Crippen LogP contribution in [0.5, 0.6) is 0 Å². The van der Waals surface area contributed by atoms with Crippen molar-refractivity contribution in [3.63, 3.8) is 0 Å². The number of hydrogen-bond donors (Lipinski definition) is 2. The van der Waals surface area contributed by atoms with E-state index in [1.54, 1.807) is 0 Å². The smallest absolute Gasteiger partial charge is 0.331 e. The van der Waals surface area contributed by atoms with Crippen LogP contribution in [0.2, 0.25) is 0 Å². The van der Waals surface area contributed by atoms with Crippen molar-refractivity contribution in [1.29, 1.82) is 0 Å². The number of aliphatic carboxylic acids is 1. The average Bonchev–Trinajstić information content (AvgIpc) is 2.10. The second kappa shape index (κ2) is 6.19. The fraction of sp³-hybridized carbons (Fsp3) is 0.500. The number of carbonyl (C=O) groups is 2. The molecular formula is C8H13NO4. The Morgan fingerprint density at radius 3 is 2.62 bits per heavy atom. The molecule has 0 rings (SSSR count). The predicted molar refractivity (Wildman–Crippen MR) is 46.0 cm³/mol. The van der Waals surface area contributed by atoms with Crippen molar-refractivity contribution in [1.82, 2.24) is 0 Å². The maximum Gasteiger partial charge on any atom is 0.331 e. The first-order valence-electron chi connectivity index (χ1n) is 3.89. The van der Waals surface area contributed by atoms with Gasteiger partial charge in [0.25, 0.3) is 0 Å². The first-order valence-corrected chi connectivity index (χ1v) is 3.89. The molecule has 0 aromatic heterocycles. The van der Waals surface area contributed by atoms with E-state index in [1.165, 1.54) is 0 Å². The van der Waals surface area contributed by atoms with Gasteiger partial charge in [-0.25, -0.2) is 9.59 Å². The van der Waals surface area contributed by atoms with Crippen molar-refractivity contribution >= 4 is 11.9 Å². The van der Waals surface area contributed by atoms with Crippen molar-refractivity contribution in [3.05, 3.63) is 12.2 Å². The summed E-state index contributed by atoms with van der Waals surface area (Å²) in [7, 11) is 0. The summed E-state index contributed by atoms with van der Waals surface area (Å²) in [5.74, 6) is -1.87. The second-order valence-corrected chi connectivity index (χ2v) is 2.47. The van der Waals surface area contributed by atoms with Crippen LogP contribution in [-0.2, 0) is 14.3 Å². The Morgan fingerprint density at radius 2 is 2.15 bits per heavy atom. The Labute approximate surface area is 76.2 Å². The molecule has 5 nitrogen and oxygen atoms in total. The summed E-state index contributed by atoms with van der Waals surface area (Å²) < 4.78 is 4.63. The van der Waals surface area contributed by atoms with Gasteiger partial charge in [-0.3, -0.25) is 0 Å². The zero-order valence-electron chi connectivity index (χ0n) is 7.40. The number of carboxylic acid groups (broad SMARTS) is 1. The van der Waals surface area contributed by atoms with Gasteiger partial charge in [0.1, 0.15) is 6.61 Å². The minimum Gasteiger partial charge on any atom is -0.478 e. The van der Waals surface area contributed by atoms with Gasteiger partial charge in [-0.1, -0.05) is 6.92 Å². The van der Waals surface area contributed by atoms with E-state index in [0.717, 1.165) is 12.2 Å². The first-order chi connectivity index (χ1) is 6.06. The molecule has 0 aromatic rings. The molecule has 1 unspecified atom stereocenters. The lowest BCUT2D eigenvalue weighted by molar-refractivity contribution is -0.139. The fourth-order valence-electron chi connectivity index (χ4n) is 0.494. The van der Waals surface area contributed by atoms with Gasteiger partial charge in [0.15, 0.2) is 0 Å². The molecule has 1 atom stereocenters. The molecule has 0 saturated heterocycles. The maximum atomic E-state index is 10.7. The molecule has 0 amide bonds. The van der Waals surface area contributed by atoms with Crippen molar-refractivity contribution < 1.29 is 19.4 Å². The topological polar surface area (TPSA) is 89.6 Å². The first kappa shape index (κ1) is 11.6. The van der Waals surface area contributed by atoms with E-state index >= 15 is 0 Å². The van der Waals surface area contributed by atoms with E-state index in [2.05, 4.69) is 4.74 Å². The van der Waals surface area contributed by atoms with E-state index in [-0.39, 0.29) is 12.6 Å². The zero-order chi connectivity index (χ0) is 10.3. The SMILES string of the molecule is CCC(N)COC(=O)/C=C\C(=O)O. The highest BCUT2D eigenvalue weighted by Gasteiger charge is 2.02. The molecule has 0 bridgehead atoms. The molecule has 0 aliphatic carbocycles. The van der Waals surface area contributed by atoms with Gasteiger partial charge in [-0.05, 0) is 6.42 Å². The maximum absolute atomic E-state index is 10.7. The van der Waals surface area contributed by atoms with Gasteiger partial charge < -0.3 is 15.6 Å². The van der Waals surface area contributed by atoms with Gasteiger partial charge in [-0.15, -0.1) is 0 Å². The van der Waals surface area contributed by atoms with Crippen LogP contribution < -0.4 is 5.73 Å². The van der Waals surface area contributed by atoms with Crippen molar-refractivity contribution in [3.8, 4) is 0 Å². The van der Waals surface area contributed by atoms with Crippen molar-refractivity contribution in [2.24, 2.45) is 5.73 Å². The predicted octanol–water partition coefficient (Wildman–Crippen LogP) is -0.0923. The summed E-state index contributed by atoms with van der Waals surface area (Å²) in [5.41, 5.74) is 5.46. The van der Waals surface area contributed by atoms with Crippen LogP contribution in [0.3, 0.4) is 0 Å². The Bertz CT molecular complexity index is 212. The highest BCUT2D eigenvalue weighted by atomic mass is 16.5. The molecule has 0 aliphatic rings. The zero-order valence-corrected chi connectivity index (χ0v) is 7.40. The number of ether oxygens (including phenoxy) is 1. The monoisotopic (exact) mass is 187 g/mol. The van der Waals surface area contributed by atoms with E-state index in [4.69, 9.17) is 10.8 Å². The third-order valence-corrected chi connectivity index (χ3v) is 1.33. The standard InChI is InChI=1S/C8H13NO4/c1-2-6(9)5-13-8(12)4-3-7(10)11/h3-4,6H,2,5,9H2,1H3,(H,10,11)/b4-3-. The summed E-state index contributed by atoms with van der Waals surface area (Å²) in [6.07, 6.45) is 2.28. The second-order valence-electron chi connectivity index (χ2n) is 2.47. The number of carboxylic acids is 1. The third-order valence-electron chi connectivity index (χ3n) is 1.33. The van der Waals surface area contributed by atoms with E-state index in [0.29, 0.717) is 6.42 Å². The van der Waals surface area contributed by atoms with Crippen LogP contribution >= 0.6 is 0 Å². The quantitative estimate of drug-likeness (QED) is 0.463. The molecule has 0 aliphatic heterocycles. The molecule has 0 fully saturated rings. The molecule has 0 saturated carbocycles. The largest absolute Gasteiger partial charge is 0.478 e. The molecule has 0 spiro atoms. The average molecular weight is 187 g/mol. The minimum absolute atomic E-state index is 0.110. The number of carbonyl (C=O) groups excluding carboxylic acids is 1. The van der Waals surface area contributed by atoms with Crippen molar-refractivity contribution in [2.45, 2.75) is 19.4 Å². The Balaban J connectivity index is 3.69. The lowest BCUT2D eigenvalue weighted by Crippen LogP contribution is -2.26. The van der Waals surface area contributed by atoms with Gasteiger partial charge >= 0.3 is 11.9 Å². The van der Waals surface area contributed by atoms with Crippen LogP contribution in [0.1, 0.15) is 13.3 Å². The van der Waals surface area contributed by atoms with E-state index in [1.807, 2.05) is 6.92 Å². The highest BCUT2D eigenvalue weighted by Crippen LogP contribution is 1.89.